The third-order valence-electron chi connectivity index (χ3n) is 7.99. The summed E-state index contributed by atoms with van der Waals surface area (Å²) in [6, 6.07) is 10.9. The van der Waals surface area contributed by atoms with Crippen LogP contribution >= 0.6 is 18.5 Å². The summed E-state index contributed by atoms with van der Waals surface area (Å²) in [5.74, 6) is 6.56. The number of nitrogens with zero attached hydrogens (tertiary/aromatic N) is 1. The van der Waals surface area contributed by atoms with Crippen LogP contribution < -0.4 is 20.7 Å². The zero-order chi connectivity index (χ0) is 28.5. The molecule has 0 saturated carbocycles. The van der Waals surface area contributed by atoms with Crippen molar-refractivity contribution in [2.24, 2.45) is 0 Å². The number of alkyl halides is 3. The summed E-state index contributed by atoms with van der Waals surface area (Å²) in [6.45, 7) is 6.67. The molecule has 2 saturated heterocycles. The highest BCUT2D eigenvalue weighted by atomic mass is 32.1. The second-order valence-corrected chi connectivity index (χ2v) is 15.3. The van der Waals surface area contributed by atoms with Crippen LogP contribution in [0.2, 0.25) is 0 Å². The molecule has 2 fully saturated rings. The van der Waals surface area contributed by atoms with E-state index in [-0.39, 0.29) is 17.6 Å². The third-order valence-corrected chi connectivity index (χ3v) is 10.7. The van der Waals surface area contributed by atoms with Crippen LogP contribution in [0.4, 0.5) is 24.5 Å². The van der Waals surface area contributed by atoms with Crippen LogP contribution in [0.1, 0.15) is 36.1 Å². The van der Waals surface area contributed by atoms with E-state index in [4.69, 9.17) is 4.74 Å². The van der Waals surface area contributed by atoms with E-state index in [0.717, 1.165) is 42.9 Å². The lowest BCUT2D eigenvalue weighted by Gasteiger charge is -2.32. The summed E-state index contributed by atoms with van der Waals surface area (Å²) in [6.07, 6.45) is -0.646. The number of methoxy groups -OCH3 is 1. The molecule has 2 aromatic carbocycles. The second-order valence-electron chi connectivity index (χ2n) is 11.0. The van der Waals surface area contributed by atoms with Gasteiger partial charge in [-0.1, -0.05) is 24.0 Å². The van der Waals surface area contributed by atoms with Gasteiger partial charge in [0.05, 0.1) is 41.0 Å². The molecule has 0 radical (unpaired) electrons. The number of fused-ring (bicyclic) bond motifs is 2. The highest BCUT2D eigenvalue weighted by molar-refractivity contribution is 7.70. The van der Waals surface area contributed by atoms with Crippen molar-refractivity contribution >= 4 is 45.2 Å². The van der Waals surface area contributed by atoms with Crippen molar-refractivity contribution in [3.8, 4) is 17.6 Å². The van der Waals surface area contributed by atoms with Crippen LogP contribution in [0.5, 0.6) is 5.75 Å². The number of nitrogens with one attached hydrogen (secondary N) is 2. The Morgan fingerprint density at radius 1 is 1.10 bits per heavy atom. The smallest absolute Gasteiger partial charge is 0.393 e. The van der Waals surface area contributed by atoms with E-state index in [1.54, 1.807) is 37.6 Å². The zero-order valence-corrected chi connectivity index (χ0v) is 24.8. The topological polar surface area (TPSA) is 53.6 Å². The van der Waals surface area contributed by atoms with Gasteiger partial charge in [-0.3, -0.25) is 4.90 Å². The van der Waals surface area contributed by atoms with Crippen molar-refractivity contribution in [1.82, 2.24) is 4.90 Å². The summed E-state index contributed by atoms with van der Waals surface area (Å²) in [4.78, 5) is 3.00. The molecule has 0 amide bonds. The van der Waals surface area contributed by atoms with E-state index >= 15 is 0 Å². The number of ether oxygens (including phenoxy) is 1. The van der Waals surface area contributed by atoms with Crippen LogP contribution in [0.3, 0.4) is 0 Å². The molecule has 40 heavy (non-hydrogen) atoms. The van der Waals surface area contributed by atoms with E-state index in [1.165, 1.54) is 31.3 Å². The molecule has 0 spiro atoms. The van der Waals surface area contributed by atoms with Gasteiger partial charge in [0.15, 0.2) is 0 Å². The minimum atomic E-state index is -4.34. The predicted molar refractivity (Wildman–Crippen MR) is 160 cm³/mol. The molecule has 2 aliphatic heterocycles. The minimum Gasteiger partial charge on any atom is -0.495 e. The summed E-state index contributed by atoms with van der Waals surface area (Å²) >= 11 is 1.32. The summed E-state index contributed by atoms with van der Waals surface area (Å²) in [5, 5.41) is 8.10. The quantitative estimate of drug-likeness (QED) is 0.225. The Labute approximate surface area is 237 Å². The average molecular weight is 590 g/mol. The molecule has 2 N–H and O–H groups in total. The van der Waals surface area contributed by atoms with Crippen LogP contribution in [0.15, 0.2) is 36.4 Å². The van der Waals surface area contributed by atoms with Gasteiger partial charge in [0.1, 0.15) is 12.9 Å². The molecule has 0 atom stereocenters. The Morgan fingerprint density at radius 2 is 1.85 bits per heavy atom. The maximum absolute atomic E-state index is 13.6. The first kappa shape index (κ1) is 28.9. The Balaban J connectivity index is 1.39. The van der Waals surface area contributed by atoms with Crippen molar-refractivity contribution in [1.29, 1.82) is 0 Å². The number of rotatable bonds is 8. The van der Waals surface area contributed by atoms with Crippen molar-refractivity contribution in [3.05, 3.63) is 46.8 Å². The Kier molecular flexibility index (Phi) is 8.16. The lowest BCUT2D eigenvalue weighted by Crippen LogP contribution is -2.44. The predicted octanol–water partition coefficient (Wildman–Crippen LogP) is 6.77. The molecule has 0 aliphatic carbocycles. The van der Waals surface area contributed by atoms with Gasteiger partial charge >= 0.3 is 6.18 Å². The molecule has 3 aromatic rings. The highest BCUT2D eigenvalue weighted by Gasteiger charge is 2.44. The van der Waals surface area contributed by atoms with E-state index in [2.05, 4.69) is 27.4 Å². The monoisotopic (exact) mass is 589 g/mol. The number of anilines is 2. The first-order valence-electron chi connectivity index (χ1n) is 13.6. The van der Waals surface area contributed by atoms with E-state index in [0.29, 0.717) is 27.0 Å². The molecule has 10 heteroatoms. The lowest BCUT2D eigenvalue weighted by molar-refractivity contribution is -0.126. The fourth-order valence-electron chi connectivity index (χ4n) is 5.99. The van der Waals surface area contributed by atoms with E-state index in [9.17, 15) is 17.7 Å². The first-order chi connectivity index (χ1) is 19.0. The fourth-order valence-corrected chi connectivity index (χ4v) is 8.03. The lowest BCUT2D eigenvalue weighted by atomic mass is 9.94. The van der Waals surface area contributed by atoms with E-state index in [1.807, 2.05) is 12.1 Å². The average Bonchev–Trinajstić information content (AvgIpc) is 3.57. The largest absolute Gasteiger partial charge is 0.495 e. The van der Waals surface area contributed by atoms with E-state index < -0.39 is 19.7 Å². The van der Waals surface area contributed by atoms with Gasteiger partial charge in [-0.2, -0.15) is 13.2 Å². The Morgan fingerprint density at radius 3 is 2.52 bits per heavy atom. The standard InChI is InChI=1S/C30H35F3N3O2PS/c1-38-26-18-21(39(2,3)37)11-12-24(26)34-15-5-10-27-23(19-30(31,32)33)22-8-4-9-25(28(22)40-27)35-20-29-13-6-16-36(29)17-7-14-29/h4,8-9,11-12,18,34-35H,6-7,13-17,19-20H2,1-3H3. The van der Waals surface area contributed by atoms with Gasteiger partial charge in [-0.05, 0) is 87.3 Å². The SMILES string of the molecule is COc1cc(P(C)(C)=O)ccc1NCC#Cc1sc2c(NCC34CCCN3CCC4)cccc2c1CC(F)(F)F. The van der Waals surface area contributed by atoms with Gasteiger partial charge in [0.2, 0.25) is 0 Å². The van der Waals surface area contributed by atoms with Crippen molar-refractivity contribution < 1.29 is 22.5 Å². The molecule has 0 bridgehead atoms. The molecule has 0 unspecified atom stereocenters. The van der Waals surface area contributed by atoms with Gasteiger partial charge < -0.3 is 19.9 Å². The Hall–Kier alpha value is -2.66. The third kappa shape index (κ3) is 6.15. The zero-order valence-electron chi connectivity index (χ0n) is 23.1. The normalized spacial score (nSPS) is 16.9. The minimum absolute atomic E-state index is 0.160. The number of halogens is 3. The molecule has 5 nitrogen and oxygen atoms in total. The van der Waals surface area contributed by atoms with Crippen LogP contribution in [0.25, 0.3) is 10.1 Å². The van der Waals surface area contributed by atoms with Gasteiger partial charge in [0, 0.05) is 17.4 Å². The van der Waals surface area contributed by atoms with Crippen LogP contribution in [-0.2, 0) is 11.0 Å². The summed E-state index contributed by atoms with van der Waals surface area (Å²) < 4.78 is 59.6. The maximum Gasteiger partial charge on any atom is 0.393 e. The van der Waals surface area contributed by atoms with Gasteiger partial charge in [-0.25, -0.2) is 0 Å². The molecule has 3 heterocycles. The number of hydrogen-bond acceptors (Lipinski definition) is 6. The molecular formula is C30H35F3N3O2PS. The second kappa shape index (κ2) is 11.3. The maximum atomic E-state index is 13.6. The molecule has 214 valence electrons. The molecule has 1 aromatic heterocycles. The summed E-state index contributed by atoms with van der Waals surface area (Å²) in [7, 11) is -0.906. The van der Waals surface area contributed by atoms with Crippen molar-refractivity contribution in [2.75, 3.05) is 57.3 Å². The van der Waals surface area contributed by atoms with Crippen LogP contribution in [-0.4, -0.2) is 63.2 Å². The van der Waals surface area contributed by atoms with Crippen LogP contribution in [0, 0.1) is 11.8 Å². The molecular weight excluding hydrogens is 554 g/mol. The summed E-state index contributed by atoms with van der Waals surface area (Å²) in [5.41, 5.74) is 1.94. The van der Waals surface area contributed by atoms with Crippen molar-refractivity contribution in [2.45, 2.75) is 43.8 Å². The number of thiophene rings is 1. The number of benzene rings is 2. The van der Waals surface area contributed by atoms with Gasteiger partial charge in [-0.15, -0.1) is 11.3 Å². The van der Waals surface area contributed by atoms with Gasteiger partial charge in [0.25, 0.3) is 0 Å². The molecule has 5 rings (SSSR count). The first-order valence-corrected chi connectivity index (χ1v) is 17.0. The van der Waals surface area contributed by atoms with Crippen molar-refractivity contribution in [3.63, 3.8) is 0 Å². The fraction of sp³-hybridized carbons (Fsp3) is 0.467. The molecule has 2 aliphatic rings. The highest BCUT2D eigenvalue weighted by Crippen LogP contribution is 2.42. The number of hydrogen-bond donors (Lipinski definition) is 2. The Bertz CT molecular complexity index is 1490.